The number of sulfonamides is 1. The molecule has 15 heteroatoms. The van der Waals surface area contributed by atoms with Gasteiger partial charge in [0.05, 0.1) is 48.0 Å². The van der Waals surface area contributed by atoms with E-state index in [0.717, 1.165) is 24.3 Å². The second-order valence-electron chi connectivity index (χ2n) is 11.0. The van der Waals surface area contributed by atoms with Gasteiger partial charge in [0.25, 0.3) is 15.9 Å². The Labute approximate surface area is 265 Å². The van der Waals surface area contributed by atoms with Gasteiger partial charge in [-0.3, -0.25) is 9.52 Å². The fourth-order valence-electron chi connectivity index (χ4n) is 4.81. The molecule has 1 aliphatic heterocycles. The molecule has 0 bridgehead atoms. The van der Waals surface area contributed by atoms with Crippen molar-refractivity contribution in [1.82, 2.24) is 9.80 Å². The van der Waals surface area contributed by atoms with E-state index < -0.39 is 51.8 Å². The molecule has 3 aromatic rings. The first-order chi connectivity index (χ1) is 21.6. The van der Waals surface area contributed by atoms with Gasteiger partial charge in [-0.1, -0.05) is 13.0 Å². The van der Waals surface area contributed by atoms with Crippen molar-refractivity contribution in [1.29, 1.82) is 0 Å². The highest BCUT2D eigenvalue weighted by molar-refractivity contribution is 7.92. The standard InChI is InChI=1S/C31H35F3N4O7S/c1-19-16-38(20(2)18-39)29(40)25-6-5-7-26(36-46(42,43)24-14-12-23(44-4)13-15-24)28(25)45-27(19)17-37(3)30(41)35-22-10-8-21(9-11-22)31(32,33)34/h5-15,19-20,27,36,39H,16-18H2,1-4H3,(H,35,41)/t19-,20-,27+/m1/s1. The monoisotopic (exact) mass is 664 g/mol. The molecule has 248 valence electrons. The predicted molar refractivity (Wildman–Crippen MR) is 165 cm³/mol. The van der Waals surface area contributed by atoms with E-state index >= 15 is 0 Å². The first-order valence-electron chi connectivity index (χ1n) is 14.2. The Morgan fingerprint density at radius 2 is 1.78 bits per heavy atom. The minimum Gasteiger partial charge on any atom is -0.497 e. The fourth-order valence-corrected chi connectivity index (χ4v) is 5.88. The molecule has 0 saturated heterocycles. The summed E-state index contributed by atoms with van der Waals surface area (Å²) in [5, 5.41) is 12.5. The molecule has 1 aliphatic rings. The number of likely N-dealkylation sites (N-methyl/N-ethyl adjacent to an activating group) is 1. The Morgan fingerprint density at radius 1 is 1.13 bits per heavy atom. The van der Waals surface area contributed by atoms with E-state index in [9.17, 15) is 36.3 Å². The number of hydrogen-bond donors (Lipinski definition) is 3. The van der Waals surface area contributed by atoms with E-state index in [1.54, 1.807) is 13.8 Å². The maximum Gasteiger partial charge on any atom is 0.416 e. The molecular weight excluding hydrogens is 629 g/mol. The molecule has 4 rings (SSSR count). The lowest BCUT2D eigenvalue weighted by molar-refractivity contribution is -0.137. The molecule has 3 amide bonds. The minimum absolute atomic E-state index is 0.0192. The van der Waals surface area contributed by atoms with Crippen molar-refractivity contribution in [2.24, 2.45) is 5.92 Å². The maximum atomic E-state index is 13.7. The molecule has 0 saturated carbocycles. The molecular formula is C31H35F3N4O7S. The Morgan fingerprint density at radius 3 is 2.37 bits per heavy atom. The van der Waals surface area contributed by atoms with E-state index in [0.29, 0.717) is 5.75 Å². The first kappa shape index (κ1) is 34.4. The van der Waals surface area contributed by atoms with Crippen molar-refractivity contribution in [2.45, 2.75) is 37.1 Å². The Kier molecular flexibility index (Phi) is 10.4. The summed E-state index contributed by atoms with van der Waals surface area (Å²) < 4.78 is 79.5. The molecule has 0 aromatic heterocycles. The molecule has 0 spiro atoms. The summed E-state index contributed by atoms with van der Waals surface area (Å²) in [6.07, 6.45) is -5.32. The van der Waals surface area contributed by atoms with Crippen LogP contribution in [0.3, 0.4) is 0 Å². The van der Waals surface area contributed by atoms with Crippen LogP contribution in [0.2, 0.25) is 0 Å². The van der Waals surface area contributed by atoms with E-state index in [-0.39, 0.29) is 47.3 Å². The molecule has 0 unspecified atom stereocenters. The van der Waals surface area contributed by atoms with E-state index in [1.165, 1.54) is 66.4 Å². The van der Waals surface area contributed by atoms with Crippen LogP contribution in [0.4, 0.5) is 29.3 Å². The summed E-state index contributed by atoms with van der Waals surface area (Å²) in [6, 6.07) is 12.9. The molecule has 0 fully saturated rings. The summed E-state index contributed by atoms with van der Waals surface area (Å²) in [4.78, 5) is 29.4. The number of benzene rings is 3. The SMILES string of the molecule is COc1ccc(S(=O)(=O)Nc2cccc3c2O[C@@H](CN(C)C(=O)Nc2ccc(C(F)(F)F)cc2)[C@H](C)CN([C@H](C)CO)C3=O)cc1. The number of rotatable bonds is 9. The van der Waals surface area contributed by atoms with E-state index in [4.69, 9.17) is 9.47 Å². The third kappa shape index (κ3) is 7.83. The van der Waals surface area contributed by atoms with Gasteiger partial charge in [0.15, 0.2) is 5.75 Å². The van der Waals surface area contributed by atoms with Crippen LogP contribution in [0, 0.1) is 5.92 Å². The molecule has 0 radical (unpaired) electrons. The largest absolute Gasteiger partial charge is 0.497 e. The van der Waals surface area contributed by atoms with Crippen LogP contribution in [0.1, 0.15) is 29.8 Å². The Balaban J connectivity index is 1.64. The summed E-state index contributed by atoms with van der Waals surface area (Å²) in [5.74, 6) is -0.522. The lowest BCUT2D eigenvalue weighted by Gasteiger charge is -2.38. The van der Waals surface area contributed by atoms with Crippen molar-refractivity contribution in [3.8, 4) is 11.5 Å². The van der Waals surface area contributed by atoms with Crippen LogP contribution in [0.25, 0.3) is 0 Å². The normalized spacial score (nSPS) is 17.6. The second-order valence-corrected chi connectivity index (χ2v) is 12.7. The maximum absolute atomic E-state index is 13.7. The number of halogens is 3. The molecule has 3 aromatic carbocycles. The van der Waals surface area contributed by atoms with Crippen molar-refractivity contribution in [2.75, 3.05) is 43.9 Å². The number of nitrogens with zero attached hydrogens (tertiary/aromatic N) is 2. The van der Waals surface area contributed by atoms with Crippen molar-refractivity contribution in [3.05, 3.63) is 77.9 Å². The number of ether oxygens (including phenoxy) is 2. The van der Waals surface area contributed by atoms with E-state index in [2.05, 4.69) is 10.0 Å². The zero-order valence-electron chi connectivity index (χ0n) is 25.5. The minimum atomic E-state index is -4.52. The summed E-state index contributed by atoms with van der Waals surface area (Å²) in [7, 11) is -1.24. The van der Waals surface area contributed by atoms with E-state index in [1.807, 2.05) is 0 Å². The number of nitrogens with one attached hydrogen (secondary N) is 2. The number of aliphatic hydroxyl groups is 1. The second kappa shape index (κ2) is 13.9. The number of amides is 3. The number of para-hydroxylation sites is 1. The Hall–Kier alpha value is -4.50. The molecule has 46 heavy (non-hydrogen) atoms. The Bertz CT molecular complexity index is 1650. The lowest BCUT2D eigenvalue weighted by Crippen LogP contribution is -2.50. The highest BCUT2D eigenvalue weighted by Gasteiger charge is 2.36. The van der Waals surface area contributed by atoms with Crippen LogP contribution in [-0.4, -0.2) is 81.3 Å². The van der Waals surface area contributed by atoms with Crippen LogP contribution >= 0.6 is 0 Å². The molecule has 0 aliphatic carbocycles. The highest BCUT2D eigenvalue weighted by Crippen LogP contribution is 2.36. The average Bonchev–Trinajstić information content (AvgIpc) is 3.02. The van der Waals surface area contributed by atoms with Gasteiger partial charge in [0, 0.05) is 25.2 Å². The molecule has 1 heterocycles. The number of anilines is 2. The lowest BCUT2D eigenvalue weighted by atomic mass is 9.99. The van der Waals surface area contributed by atoms with Crippen molar-refractivity contribution in [3.63, 3.8) is 0 Å². The predicted octanol–water partition coefficient (Wildman–Crippen LogP) is 4.90. The number of fused-ring (bicyclic) bond motifs is 1. The average molecular weight is 665 g/mol. The summed E-state index contributed by atoms with van der Waals surface area (Å²) >= 11 is 0. The fraction of sp³-hybridized carbons (Fsp3) is 0.355. The molecule has 11 nitrogen and oxygen atoms in total. The quantitative estimate of drug-likeness (QED) is 0.296. The number of hydrogen-bond acceptors (Lipinski definition) is 7. The van der Waals surface area contributed by atoms with Gasteiger partial charge in [0.1, 0.15) is 11.9 Å². The van der Waals surface area contributed by atoms with Gasteiger partial charge in [-0.15, -0.1) is 0 Å². The van der Waals surface area contributed by atoms with Crippen LogP contribution in [0.5, 0.6) is 11.5 Å². The van der Waals surface area contributed by atoms with Crippen molar-refractivity contribution < 1.29 is 45.8 Å². The summed E-state index contributed by atoms with van der Waals surface area (Å²) in [6.45, 7) is 3.20. The topological polar surface area (TPSA) is 138 Å². The van der Waals surface area contributed by atoms with Gasteiger partial charge in [-0.25, -0.2) is 13.2 Å². The van der Waals surface area contributed by atoms with Crippen molar-refractivity contribution >= 4 is 33.3 Å². The number of urea groups is 1. The number of methoxy groups -OCH3 is 1. The van der Waals surface area contributed by atoms with Gasteiger partial charge in [-0.2, -0.15) is 13.2 Å². The highest BCUT2D eigenvalue weighted by atomic mass is 32.2. The molecule has 3 atom stereocenters. The van der Waals surface area contributed by atoms with Gasteiger partial charge in [0.2, 0.25) is 0 Å². The zero-order chi connectivity index (χ0) is 33.8. The third-order valence-corrected chi connectivity index (χ3v) is 8.95. The van der Waals surface area contributed by atoms with Crippen LogP contribution < -0.4 is 19.5 Å². The number of alkyl halides is 3. The van der Waals surface area contributed by atoms with Gasteiger partial charge < -0.3 is 29.7 Å². The molecule has 3 N–H and O–H groups in total. The number of carbonyl (C=O) groups excluding carboxylic acids is 2. The smallest absolute Gasteiger partial charge is 0.416 e. The van der Waals surface area contributed by atoms with Gasteiger partial charge >= 0.3 is 12.2 Å². The van der Waals surface area contributed by atoms with Crippen LogP contribution in [0.15, 0.2) is 71.6 Å². The number of carbonyl (C=O) groups is 2. The zero-order valence-corrected chi connectivity index (χ0v) is 26.4. The first-order valence-corrected chi connectivity index (χ1v) is 15.7. The third-order valence-electron chi connectivity index (χ3n) is 7.57. The number of aliphatic hydroxyl groups excluding tert-OH is 1. The summed E-state index contributed by atoms with van der Waals surface area (Å²) in [5.41, 5.74) is -0.687. The van der Waals surface area contributed by atoms with Crippen LogP contribution in [-0.2, 0) is 16.2 Å². The van der Waals surface area contributed by atoms with Gasteiger partial charge in [-0.05, 0) is 67.6 Å².